The Hall–Kier alpha value is -1.64. The van der Waals surface area contributed by atoms with Crippen LogP contribution in [-0.2, 0) is 11.8 Å². The molecule has 0 bridgehead atoms. The summed E-state index contributed by atoms with van der Waals surface area (Å²) >= 11 is 0. The van der Waals surface area contributed by atoms with Crippen molar-refractivity contribution in [1.29, 1.82) is 0 Å². The highest BCUT2D eigenvalue weighted by atomic mass is 16.3. The molecule has 0 aliphatic heterocycles. The summed E-state index contributed by atoms with van der Waals surface area (Å²) in [7, 11) is 0. The number of nitrogens with two attached hydrogens (primary N) is 1. The van der Waals surface area contributed by atoms with E-state index in [4.69, 9.17) is 5.73 Å². The number of rotatable bonds is 4. The van der Waals surface area contributed by atoms with Gasteiger partial charge in [0.15, 0.2) is 0 Å². The van der Waals surface area contributed by atoms with Gasteiger partial charge in [0.1, 0.15) is 0 Å². The van der Waals surface area contributed by atoms with Crippen LogP contribution in [-0.4, -0.2) is 11.2 Å². The Morgan fingerprint density at radius 2 is 1.52 bits per heavy atom. The fraction of sp³-hybridized carbons (Fsp3) is 0.368. The van der Waals surface area contributed by atoms with Gasteiger partial charge in [0.05, 0.1) is 12.1 Å². The molecular weight excluding hydrogens is 258 g/mol. The van der Waals surface area contributed by atoms with E-state index < -0.39 is 6.10 Å². The monoisotopic (exact) mass is 283 g/mol. The van der Waals surface area contributed by atoms with E-state index in [1.165, 1.54) is 5.56 Å². The molecule has 2 heteroatoms. The molecular formula is C19H25NO. The van der Waals surface area contributed by atoms with Crippen LogP contribution in [0, 0.1) is 0 Å². The van der Waals surface area contributed by atoms with Gasteiger partial charge in [-0.2, -0.15) is 0 Å². The van der Waals surface area contributed by atoms with Gasteiger partial charge in [-0.3, -0.25) is 0 Å². The molecule has 0 saturated carbocycles. The van der Waals surface area contributed by atoms with Gasteiger partial charge < -0.3 is 10.8 Å². The van der Waals surface area contributed by atoms with Crippen molar-refractivity contribution >= 4 is 0 Å². The van der Waals surface area contributed by atoms with Crippen molar-refractivity contribution in [2.75, 3.05) is 0 Å². The van der Waals surface area contributed by atoms with E-state index in [1.807, 2.05) is 42.5 Å². The first-order chi connectivity index (χ1) is 9.88. The predicted octanol–water partition coefficient (Wildman–Crippen LogP) is 3.59. The molecule has 2 aromatic rings. The predicted molar refractivity (Wildman–Crippen MR) is 88.2 cm³/mol. The normalized spacial score (nSPS) is 14.7. The molecule has 112 valence electrons. The summed E-state index contributed by atoms with van der Waals surface area (Å²) in [5, 5.41) is 10.3. The molecule has 0 fully saturated rings. The van der Waals surface area contributed by atoms with E-state index >= 15 is 0 Å². The summed E-state index contributed by atoms with van der Waals surface area (Å²) in [6.07, 6.45) is -0.00358. The van der Waals surface area contributed by atoms with Crippen LogP contribution in [0.1, 0.15) is 43.5 Å². The van der Waals surface area contributed by atoms with Gasteiger partial charge in [-0.1, -0.05) is 75.4 Å². The third-order valence-electron chi connectivity index (χ3n) is 3.86. The Kier molecular flexibility index (Phi) is 4.81. The van der Waals surface area contributed by atoms with Crippen LogP contribution in [0.25, 0.3) is 0 Å². The Morgan fingerprint density at radius 1 is 0.952 bits per heavy atom. The number of aliphatic hydroxyl groups is 1. The van der Waals surface area contributed by atoms with Gasteiger partial charge in [0.2, 0.25) is 0 Å². The van der Waals surface area contributed by atoms with Gasteiger partial charge in [-0.05, 0) is 22.1 Å². The second-order valence-corrected chi connectivity index (χ2v) is 6.65. The number of aliphatic hydroxyl groups excluding tert-OH is 1. The SMILES string of the molecule is CC(C)(C)c1ccc([C@@H](N)[C@@H](O)Cc2ccccc2)cc1. The largest absolute Gasteiger partial charge is 0.391 e. The van der Waals surface area contributed by atoms with Crippen LogP contribution in [0.3, 0.4) is 0 Å². The lowest BCUT2D eigenvalue weighted by Crippen LogP contribution is -2.28. The Balaban J connectivity index is 2.07. The molecule has 0 aliphatic rings. The van der Waals surface area contributed by atoms with Crippen LogP contribution < -0.4 is 5.73 Å². The number of benzene rings is 2. The van der Waals surface area contributed by atoms with E-state index in [1.54, 1.807) is 0 Å². The smallest absolute Gasteiger partial charge is 0.0773 e. The second-order valence-electron chi connectivity index (χ2n) is 6.65. The van der Waals surface area contributed by atoms with Crippen molar-refractivity contribution in [3.05, 3.63) is 71.3 Å². The highest BCUT2D eigenvalue weighted by molar-refractivity contribution is 5.30. The molecule has 2 atom stereocenters. The third kappa shape index (κ3) is 4.16. The minimum atomic E-state index is -0.576. The van der Waals surface area contributed by atoms with Crippen molar-refractivity contribution in [3.63, 3.8) is 0 Å². The van der Waals surface area contributed by atoms with Crippen molar-refractivity contribution in [3.8, 4) is 0 Å². The zero-order valence-corrected chi connectivity index (χ0v) is 13.1. The first-order valence-corrected chi connectivity index (χ1v) is 7.46. The summed E-state index contributed by atoms with van der Waals surface area (Å²) in [6, 6.07) is 17.8. The number of hydrogen-bond donors (Lipinski definition) is 2. The molecule has 0 saturated heterocycles. The van der Waals surface area contributed by atoms with E-state index in [-0.39, 0.29) is 11.5 Å². The molecule has 0 heterocycles. The molecule has 2 nitrogen and oxygen atoms in total. The van der Waals surface area contributed by atoms with Crippen molar-refractivity contribution < 1.29 is 5.11 Å². The lowest BCUT2D eigenvalue weighted by Gasteiger charge is -2.22. The van der Waals surface area contributed by atoms with Crippen LogP contribution in [0.5, 0.6) is 0 Å². The maximum absolute atomic E-state index is 10.3. The highest BCUT2D eigenvalue weighted by Gasteiger charge is 2.19. The molecule has 0 aromatic heterocycles. The van der Waals surface area contributed by atoms with Crippen LogP contribution in [0.4, 0.5) is 0 Å². The Bertz CT molecular complexity index is 554. The van der Waals surface area contributed by atoms with Crippen molar-refractivity contribution in [2.45, 2.75) is 44.8 Å². The van der Waals surface area contributed by atoms with Crippen LogP contribution in [0.15, 0.2) is 54.6 Å². The maximum Gasteiger partial charge on any atom is 0.0773 e. The third-order valence-corrected chi connectivity index (χ3v) is 3.86. The zero-order valence-electron chi connectivity index (χ0n) is 13.1. The highest BCUT2D eigenvalue weighted by Crippen LogP contribution is 2.24. The molecule has 21 heavy (non-hydrogen) atoms. The van der Waals surface area contributed by atoms with Crippen LogP contribution in [0.2, 0.25) is 0 Å². The topological polar surface area (TPSA) is 46.2 Å². The van der Waals surface area contributed by atoms with E-state index in [0.29, 0.717) is 6.42 Å². The first kappa shape index (κ1) is 15.7. The van der Waals surface area contributed by atoms with Gasteiger partial charge >= 0.3 is 0 Å². The fourth-order valence-electron chi connectivity index (χ4n) is 2.41. The van der Waals surface area contributed by atoms with E-state index in [0.717, 1.165) is 11.1 Å². The van der Waals surface area contributed by atoms with Gasteiger partial charge in [-0.15, -0.1) is 0 Å². The zero-order chi connectivity index (χ0) is 15.5. The first-order valence-electron chi connectivity index (χ1n) is 7.46. The average Bonchev–Trinajstić information content (AvgIpc) is 2.46. The van der Waals surface area contributed by atoms with E-state index in [2.05, 4.69) is 32.9 Å². The molecule has 0 spiro atoms. The summed E-state index contributed by atoms with van der Waals surface area (Å²) in [6.45, 7) is 6.56. The lowest BCUT2D eigenvalue weighted by atomic mass is 9.86. The summed E-state index contributed by atoms with van der Waals surface area (Å²) in [5.74, 6) is 0. The average molecular weight is 283 g/mol. The van der Waals surface area contributed by atoms with Crippen molar-refractivity contribution in [1.82, 2.24) is 0 Å². The lowest BCUT2D eigenvalue weighted by molar-refractivity contribution is 0.145. The summed E-state index contributed by atoms with van der Waals surface area (Å²) in [4.78, 5) is 0. The van der Waals surface area contributed by atoms with Gasteiger partial charge in [-0.25, -0.2) is 0 Å². The standard InChI is InChI=1S/C19H25NO/c1-19(2,3)16-11-9-15(10-12-16)18(20)17(21)13-14-7-5-4-6-8-14/h4-12,17-18,21H,13,20H2,1-3H3/t17-,18+/m0/s1. The Labute approximate surface area is 127 Å². The van der Waals surface area contributed by atoms with Gasteiger partial charge in [0, 0.05) is 6.42 Å². The number of hydrogen-bond acceptors (Lipinski definition) is 2. The molecule has 2 rings (SSSR count). The summed E-state index contributed by atoms with van der Waals surface area (Å²) < 4.78 is 0. The minimum absolute atomic E-state index is 0.130. The molecule has 0 radical (unpaired) electrons. The minimum Gasteiger partial charge on any atom is -0.391 e. The molecule has 0 unspecified atom stereocenters. The molecule has 0 amide bonds. The van der Waals surface area contributed by atoms with E-state index in [9.17, 15) is 5.11 Å². The fourth-order valence-corrected chi connectivity index (χ4v) is 2.41. The quantitative estimate of drug-likeness (QED) is 0.900. The summed E-state index contributed by atoms with van der Waals surface area (Å²) in [5.41, 5.74) is 9.68. The maximum atomic E-state index is 10.3. The second kappa shape index (κ2) is 6.42. The molecule has 2 aromatic carbocycles. The Morgan fingerprint density at radius 3 is 2.05 bits per heavy atom. The van der Waals surface area contributed by atoms with Crippen LogP contribution >= 0.6 is 0 Å². The molecule has 3 N–H and O–H groups in total. The van der Waals surface area contributed by atoms with Gasteiger partial charge in [0.25, 0.3) is 0 Å². The molecule has 0 aliphatic carbocycles. The van der Waals surface area contributed by atoms with Crippen molar-refractivity contribution in [2.24, 2.45) is 5.73 Å².